The number of fused-ring (bicyclic) bond motifs is 8. The van der Waals surface area contributed by atoms with Gasteiger partial charge in [-0.1, -0.05) is 84.9 Å². The molecule has 0 fully saturated rings. The molecule has 0 unspecified atom stereocenters. The van der Waals surface area contributed by atoms with Crippen molar-refractivity contribution in [3.8, 4) is 0 Å². The highest BCUT2D eigenvalue weighted by atomic mass is 19.4. The Kier molecular flexibility index (Phi) is 7.00. The Labute approximate surface area is 318 Å². The summed E-state index contributed by atoms with van der Waals surface area (Å²) in [6, 6.07) is 30.3. The van der Waals surface area contributed by atoms with E-state index in [4.69, 9.17) is 0 Å². The van der Waals surface area contributed by atoms with Gasteiger partial charge in [-0.3, -0.25) is 19.2 Å². The Balaban J connectivity index is 1.23. The summed E-state index contributed by atoms with van der Waals surface area (Å²) in [6.07, 6.45) is -12.1. The first-order valence-electron chi connectivity index (χ1n) is 17.7. The number of hydrogen-bond donors (Lipinski definition) is 0. The van der Waals surface area contributed by atoms with Crippen molar-refractivity contribution in [2.45, 2.75) is 17.8 Å². The second-order valence-corrected chi connectivity index (χ2v) is 14.4. The van der Waals surface area contributed by atoms with Crippen LogP contribution in [0.4, 0.5) is 26.3 Å². The first kappa shape index (κ1) is 34.5. The van der Waals surface area contributed by atoms with Crippen LogP contribution in [0.1, 0.15) is 74.8 Å². The summed E-state index contributed by atoms with van der Waals surface area (Å²) in [5.41, 5.74) is -8.03. The van der Waals surface area contributed by atoms with Gasteiger partial charge < -0.3 is 0 Å². The fourth-order valence-corrected chi connectivity index (χ4v) is 8.79. The predicted octanol–water partition coefficient (Wildman–Crippen LogP) is 11.3. The maximum Gasteiger partial charge on any atom is 0.411 e. The van der Waals surface area contributed by atoms with Crippen molar-refractivity contribution >= 4 is 66.2 Å². The van der Waals surface area contributed by atoms with E-state index in [0.717, 1.165) is 48.5 Å². The zero-order chi connectivity index (χ0) is 39.8. The van der Waals surface area contributed by atoms with Gasteiger partial charge in [0.05, 0.1) is 0 Å². The summed E-state index contributed by atoms with van der Waals surface area (Å²) in [5, 5.41) is 1.23. The number of carbonyl (C=O) groups is 4. The third kappa shape index (κ3) is 4.64. The zero-order valence-electron chi connectivity index (χ0n) is 29.1. The molecule has 10 rings (SSSR count). The SMILES string of the molecule is O=C1c2cc3ccccc3cc2C(=O)c2cc3c(C(c4cccc5cc6c(cc45)C(=O)c4cc5ccccc5cc4C6=O)(C(F)(F)F)C(F)(F)F)cccc3cc21. The largest absolute Gasteiger partial charge is 0.411 e. The standard InChI is InChI=1S/C47H22F6O4/c48-46(49,50)45(47(51,52)53,39-13-5-11-27-19-35-37(21-29(27)39)43(56)33-17-25-9-3-1-7-23(25)15-31(33)41(35)54)40-14-6-12-28-20-36-38(22-30(28)40)44(57)34-18-26-10-4-2-8-24(26)16-32(34)42(36)55/h1-22H. The van der Waals surface area contributed by atoms with E-state index in [1.165, 1.54) is 24.3 Å². The number of carbonyl (C=O) groups excluding carboxylic acids is 4. The fourth-order valence-electron chi connectivity index (χ4n) is 8.79. The normalized spacial score (nSPS) is 14.3. The van der Waals surface area contributed by atoms with Gasteiger partial charge in [0.25, 0.3) is 0 Å². The summed E-state index contributed by atoms with van der Waals surface area (Å²) < 4.78 is 95.9. The fraction of sp³-hybridized carbons (Fsp3) is 0.0638. The first-order chi connectivity index (χ1) is 27.2. The Morgan fingerprint density at radius 2 is 0.544 bits per heavy atom. The van der Waals surface area contributed by atoms with Crippen LogP contribution in [0.5, 0.6) is 0 Å². The van der Waals surface area contributed by atoms with Gasteiger partial charge in [-0.05, 0) is 103 Å². The van der Waals surface area contributed by atoms with Crippen molar-refractivity contribution in [1.29, 1.82) is 0 Å². The second-order valence-electron chi connectivity index (χ2n) is 14.4. The van der Waals surface area contributed by atoms with Crippen LogP contribution in [0.2, 0.25) is 0 Å². The molecule has 0 aliphatic heterocycles. The Morgan fingerprint density at radius 1 is 0.298 bits per heavy atom. The first-order valence-corrected chi connectivity index (χ1v) is 17.7. The monoisotopic (exact) mass is 764 g/mol. The lowest BCUT2D eigenvalue weighted by atomic mass is 9.69. The molecule has 4 nitrogen and oxygen atoms in total. The lowest BCUT2D eigenvalue weighted by Gasteiger charge is -2.40. The minimum atomic E-state index is -6.06. The van der Waals surface area contributed by atoms with E-state index >= 15 is 26.3 Å². The lowest BCUT2D eigenvalue weighted by Crippen LogP contribution is -2.55. The summed E-state index contributed by atoms with van der Waals surface area (Å²) in [6.45, 7) is 0. The number of halogens is 6. The molecular weight excluding hydrogens is 743 g/mol. The number of rotatable bonds is 2. The molecule has 0 atom stereocenters. The number of benzene rings is 8. The molecule has 10 heteroatoms. The van der Waals surface area contributed by atoms with Crippen LogP contribution in [0.15, 0.2) is 133 Å². The minimum Gasteiger partial charge on any atom is -0.289 e. The van der Waals surface area contributed by atoms with Gasteiger partial charge in [-0.2, -0.15) is 26.3 Å². The molecule has 0 saturated carbocycles. The quantitative estimate of drug-likeness (QED) is 0.164. The molecule has 57 heavy (non-hydrogen) atoms. The van der Waals surface area contributed by atoms with Gasteiger partial charge >= 0.3 is 12.4 Å². The molecular formula is C47H22F6O4. The smallest absolute Gasteiger partial charge is 0.289 e. The minimum absolute atomic E-state index is 0.0199. The van der Waals surface area contributed by atoms with E-state index < -0.39 is 62.8 Å². The van der Waals surface area contributed by atoms with Crippen LogP contribution in [0.3, 0.4) is 0 Å². The molecule has 0 heterocycles. The Morgan fingerprint density at radius 3 is 0.825 bits per heavy atom. The van der Waals surface area contributed by atoms with E-state index in [1.807, 2.05) is 0 Å². The molecule has 2 aliphatic rings. The van der Waals surface area contributed by atoms with Crippen LogP contribution in [0.25, 0.3) is 43.1 Å². The molecule has 0 aromatic heterocycles. The molecule has 8 aromatic rings. The van der Waals surface area contributed by atoms with Crippen LogP contribution >= 0.6 is 0 Å². The molecule has 0 radical (unpaired) electrons. The third-order valence-corrected chi connectivity index (χ3v) is 11.4. The molecule has 0 N–H and O–H groups in total. The Bertz CT molecular complexity index is 2980. The van der Waals surface area contributed by atoms with E-state index in [-0.39, 0.29) is 55.3 Å². The second kappa shape index (κ2) is 11.5. The summed E-state index contributed by atoms with van der Waals surface area (Å²) in [5.74, 6) is -2.63. The van der Waals surface area contributed by atoms with Gasteiger partial charge in [-0.15, -0.1) is 0 Å². The number of alkyl halides is 6. The van der Waals surface area contributed by atoms with Crippen molar-refractivity contribution < 1.29 is 45.5 Å². The van der Waals surface area contributed by atoms with E-state index in [0.29, 0.717) is 21.5 Å². The number of hydrogen-bond acceptors (Lipinski definition) is 4. The van der Waals surface area contributed by atoms with Gasteiger partial charge in [0.15, 0.2) is 23.1 Å². The van der Waals surface area contributed by atoms with Crippen LogP contribution in [-0.4, -0.2) is 35.5 Å². The molecule has 8 aromatic carbocycles. The van der Waals surface area contributed by atoms with Gasteiger partial charge in [-0.25, -0.2) is 0 Å². The summed E-state index contributed by atoms with van der Waals surface area (Å²) in [4.78, 5) is 55.8. The van der Waals surface area contributed by atoms with Gasteiger partial charge in [0, 0.05) is 44.5 Å². The van der Waals surface area contributed by atoms with Crippen LogP contribution in [0, 0.1) is 0 Å². The van der Waals surface area contributed by atoms with Crippen molar-refractivity contribution in [2.24, 2.45) is 0 Å². The van der Waals surface area contributed by atoms with Crippen LogP contribution < -0.4 is 0 Å². The summed E-state index contributed by atoms with van der Waals surface area (Å²) in [7, 11) is 0. The molecule has 276 valence electrons. The van der Waals surface area contributed by atoms with E-state index in [9.17, 15) is 19.2 Å². The molecule has 0 amide bonds. The average molecular weight is 765 g/mol. The topological polar surface area (TPSA) is 68.3 Å². The highest BCUT2D eigenvalue weighted by Crippen LogP contribution is 2.59. The van der Waals surface area contributed by atoms with E-state index in [1.54, 1.807) is 60.7 Å². The maximum absolute atomic E-state index is 16.0. The lowest BCUT2D eigenvalue weighted by molar-refractivity contribution is -0.287. The molecule has 0 bridgehead atoms. The van der Waals surface area contributed by atoms with Gasteiger partial charge in [0.2, 0.25) is 5.41 Å². The van der Waals surface area contributed by atoms with Crippen LogP contribution in [-0.2, 0) is 5.41 Å². The number of ketones is 4. The van der Waals surface area contributed by atoms with Crippen molar-refractivity contribution in [3.05, 3.63) is 189 Å². The molecule has 2 aliphatic carbocycles. The highest BCUT2D eigenvalue weighted by Gasteiger charge is 2.73. The van der Waals surface area contributed by atoms with Crippen molar-refractivity contribution in [2.75, 3.05) is 0 Å². The van der Waals surface area contributed by atoms with Gasteiger partial charge in [0.1, 0.15) is 0 Å². The average Bonchev–Trinajstić information content (AvgIpc) is 3.19. The predicted molar refractivity (Wildman–Crippen MR) is 202 cm³/mol. The Hall–Kier alpha value is -6.94. The third-order valence-electron chi connectivity index (χ3n) is 11.4. The summed E-state index contributed by atoms with van der Waals surface area (Å²) >= 11 is 0. The van der Waals surface area contributed by atoms with Crippen molar-refractivity contribution in [1.82, 2.24) is 0 Å². The van der Waals surface area contributed by atoms with Crippen molar-refractivity contribution in [3.63, 3.8) is 0 Å². The van der Waals surface area contributed by atoms with E-state index in [2.05, 4.69) is 0 Å². The maximum atomic E-state index is 16.0. The highest BCUT2D eigenvalue weighted by molar-refractivity contribution is 6.32. The molecule has 0 saturated heterocycles. The zero-order valence-corrected chi connectivity index (χ0v) is 29.1. The molecule has 0 spiro atoms.